The van der Waals surface area contributed by atoms with E-state index in [2.05, 4.69) is 4.90 Å². The number of hydrogen-bond acceptors (Lipinski definition) is 4. The molecule has 0 aromatic heterocycles. The number of hydrogen-bond donors (Lipinski definition) is 0. The van der Waals surface area contributed by atoms with E-state index < -0.39 is 0 Å². The topological polar surface area (TPSA) is 60.0 Å². The van der Waals surface area contributed by atoms with Gasteiger partial charge in [-0.1, -0.05) is 19.6 Å². The molecule has 4 nitrogen and oxygen atoms in total. The Labute approximate surface area is 132 Å². The summed E-state index contributed by atoms with van der Waals surface area (Å²) in [5, 5.41) is 16.9. The molecule has 0 fully saturated rings. The largest absolute Gasteiger partial charge is 0.497 e. The Bertz CT molecular complexity index is 616. The van der Waals surface area contributed by atoms with Crippen LogP contribution in [0, 0.1) is 22.7 Å². The second kappa shape index (κ2) is 9.85. The van der Waals surface area contributed by atoms with E-state index in [4.69, 9.17) is 15.3 Å². The number of nitriles is 2. The van der Waals surface area contributed by atoms with Crippen LogP contribution in [0.1, 0.15) is 18.6 Å². The maximum atomic E-state index is 8.45. The predicted molar refractivity (Wildman–Crippen MR) is 89.9 cm³/mol. The maximum Gasteiger partial charge on any atom is 0.119 e. The molecule has 0 bridgehead atoms. The van der Waals surface area contributed by atoms with Crippen LogP contribution in [0.25, 0.3) is 0 Å². The molecule has 0 aliphatic rings. The highest BCUT2D eigenvalue weighted by atomic mass is 16.5. The Morgan fingerprint density at radius 2 is 1.32 bits per heavy atom. The van der Waals surface area contributed by atoms with E-state index in [9.17, 15) is 0 Å². The minimum atomic E-state index is 0. The van der Waals surface area contributed by atoms with Gasteiger partial charge in [0.2, 0.25) is 0 Å². The summed E-state index contributed by atoms with van der Waals surface area (Å²) in [6.45, 7) is 0. The fraction of sp³-hybridized carbons (Fsp3) is 0.222. The molecule has 2 aromatic rings. The van der Waals surface area contributed by atoms with Gasteiger partial charge in [0.15, 0.2) is 0 Å². The molecule has 0 saturated heterocycles. The third-order valence-corrected chi connectivity index (χ3v) is 2.76. The lowest BCUT2D eigenvalue weighted by molar-refractivity contribution is 0.415. The molecule has 0 amide bonds. The van der Waals surface area contributed by atoms with Gasteiger partial charge >= 0.3 is 0 Å². The number of rotatable bonds is 2. The van der Waals surface area contributed by atoms with E-state index in [-0.39, 0.29) is 7.43 Å². The van der Waals surface area contributed by atoms with Crippen LogP contribution in [0.2, 0.25) is 0 Å². The van der Waals surface area contributed by atoms with Crippen molar-refractivity contribution < 1.29 is 4.74 Å². The van der Waals surface area contributed by atoms with Gasteiger partial charge in [-0.2, -0.15) is 10.5 Å². The molecule has 0 aliphatic carbocycles. The summed E-state index contributed by atoms with van der Waals surface area (Å²) in [6, 6.07) is 18.5. The van der Waals surface area contributed by atoms with Crippen LogP contribution >= 0.6 is 0 Å². The van der Waals surface area contributed by atoms with Gasteiger partial charge in [-0.15, -0.1) is 0 Å². The fourth-order valence-corrected chi connectivity index (χ4v) is 1.56. The van der Waals surface area contributed by atoms with Crippen LogP contribution < -0.4 is 9.64 Å². The molecule has 2 aromatic carbocycles. The molecule has 0 saturated carbocycles. The van der Waals surface area contributed by atoms with Gasteiger partial charge in [0.05, 0.1) is 18.2 Å². The third-order valence-electron chi connectivity index (χ3n) is 2.76. The molecule has 0 aliphatic heterocycles. The van der Waals surface area contributed by atoms with Crippen molar-refractivity contribution in [2.45, 2.75) is 7.43 Å². The molecule has 22 heavy (non-hydrogen) atoms. The molecular formula is C18H21N3O. The van der Waals surface area contributed by atoms with Gasteiger partial charge in [-0.05, 0) is 36.4 Å². The normalized spacial score (nSPS) is 8.23. The lowest BCUT2D eigenvalue weighted by Crippen LogP contribution is -2.07. The van der Waals surface area contributed by atoms with Crippen molar-refractivity contribution in [3.8, 4) is 17.9 Å². The zero-order chi connectivity index (χ0) is 15.7. The average Bonchev–Trinajstić information content (AvgIpc) is 2.55. The van der Waals surface area contributed by atoms with E-state index in [0.29, 0.717) is 11.1 Å². The molecule has 0 N–H and O–H groups in total. The minimum Gasteiger partial charge on any atom is -0.497 e. The third kappa shape index (κ3) is 5.56. The van der Waals surface area contributed by atoms with Gasteiger partial charge < -0.3 is 9.64 Å². The molecule has 2 rings (SSSR count). The molecule has 0 atom stereocenters. The van der Waals surface area contributed by atoms with E-state index >= 15 is 0 Å². The Kier molecular flexibility index (Phi) is 8.52. The van der Waals surface area contributed by atoms with Gasteiger partial charge in [0, 0.05) is 19.8 Å². The lowest BCUT2D eigenvalue weighted by atomic mass is 10.1. The van der Waals surface area contributed by atoms with Crippen LogP contribution in [0.4, 0.5) is 5.69 Å². The van der Waals surface area contributed by atoms with Crippen molar-refractivity contribution in [2.24, 2.45) is 0 Å². The summed E-state index contributed by atoms with van der Waals surface area (Å²) in [5.41, 5.74) is 2.06. The Morgan fingerprint density at radius 3 is 1.64 bits per heavy atom. The summed E-state index contributed by atoms with van der Waals surface area (Å²) in [7, 11) is 5.70. The van der Waals surface area contributed by atoms with Gasteiger partial charge in [-0.3, -0.25) is 0 Å². The smallest absolute Gasteiger partial charge is 0.119 e. The first-order valence-electron chi connectivity index (χ1n) is 6.33. The molecule has 0 radical (unpaired) electrons. The highest BCUT2D eigenvalue weighted by molar-refractivity contribution is 5.47. The van der Waals surface area contributed by atoms with Crippen molar-refractivity contribution in [3.63, 3.8) is 0 Å². The molecule has 0 unspecified atom stereocenters. The minimum absolute atomic E-state index is 0. The Balaban J connectivity index is 0.000000385. The van der Waals surface area contributed by atoms with E-state index in [1.807, 2.05) is 50.5 Å². The predicted octanol–water partition coefficient (Wildman–Crippen LogP) is 3.83. The van der Waals surface area contributed by atoms with Gasteiger partial charge in [0.1, 0.15) is 17.9 Å². The lowest BCUT2D eigenvalue weighted by Gasteiger charge is -2.11. The summed E-state index contributed by atoms with van der Waals surface area (Å²) >= 11 is 0. The first kappa shape index (κ1) is 19.0. The molecular weight excluding hydrogens is 274 g/mol. The Morgan fingerprint density at radius 1 is 0.864 bits per heavy atom. The van der Waals surface area contributed by atoms with Crippen LogP contribution in [0.3, 0.4) is 0 Å². The van der Waals surface area contributed by atoms with Gasteiger partial charge in [0.25, 0.3) is 0 Å². The first-order chi connectivity index (χ1) is 10.1. The highest BCUT2D eigenvalue weighted by Gasteiger charge is 1.95. The Hall–Kier alpha value is -2.98. The van der Waals surface area contributed by atoms with E-state index in [1.54, 1.807) is 31.4 Å². The van der Waals surface area contributed by atoms with Gasteiger partial charge in [-0.25, -0.2) is 0 Å². The summed E-state index contributed by atoms with van der Waals surface area (Å²) in [4.78, 5) is 2.06. The van der Waals surface area contributed by atoms with Crippen molar-refractivity contribution >= 4 is 5.69 Å². The summed E-state index contributed by atoms with van der Waals surface area (Å²) < 4.78 is 5.03. The van der Waals surface area contributed by atoms with Crippen LogP contribution in [0.5, 0.6) is 5.75 Å². The van der Waals surface area contributed by atoms with Crippen molar-refractivity contribution in [3.05, 3.63) is 59.7 Å². The molecule has 4 heteroatoms. The van der Waals surface area contributed by atoms with Crippen LogP contribution in [-0.2, 0) is 0 Å². The standard InChI is InChI=1S/C9H13NO.C8H4N2.CH4/c1-10(2)8-4-6-9(11-3)7-5-8;9-5-7-3-1-2-4-8(7)6-10;/h4-7H,1-3H3;1-4H;1H4. The summed E-state index contributed by atoms with van der Waals surface area (Å²) in [6.07, 6.45) is 0. The molecule has 0 spiro atoms. The van der Waals surface area contributed by atoms with E-state index in [1.165, 1.54) is 5.69 Å². The number of anilines is 1. The van der Waals surface area contributed by atoms with Crippen molar-refractivity contribution in [1.29, 1.82) is 10.5 Å². The monoisotopic (exact) mass is 295 g/mol. The van der Waals surface area contributed by atoms with Crippen LogP contribution in [-0.4, -0.2) is 21.2 Å². The zero-order valence-electron chi connectivity index (χ0n) is 12.4. The number of methoxy groups -OCH3 is 1. The highest BCUT2D eigenvalue weighted by Crippen LogP contribution is 2.16. The molecule has 114 valence electrons. The fourth-order valence-electron chi connectivity index (χ4n) is 1.56. The second-order valence-corrected chi connectivity index (χ2v) is 4.36. The number of benzene rings is 2. The van der Waals surface area contributed by atoms with Crippen molar-refractivity contribution in [2.75, 3.05) is 26.1 Å². The van der Waals surface area contributed by atoms with E-state index in [0.717, 1.165) is 5.75 Å². The summed E-state index contributed by atoms with van der Waals surface area (Å²) in [5.74, 6) is 0.899. The maximum absolute atomic E-state index is 8.45. The number of nitrogens with zero attached hydrogens (tertiary/aromatic N) is 3. The number of ether oxygens (including phenoxy) is 1. The first-order valence-corrected chi connectivity index (χ1v) is 6.33. The second-order valence-electron chi connectivity index (χ2n) is 4.36. The SMILES string of the molecule is C.COc1ccc(N(C)C)cc1.N#Cc1ccccc1C#N. The quantitative estimate of drug-likeness (QED) is 0.845. The van der Waals surface area contributed by atoms with Crippen molar-refractivity contribution in [1.82, 2.24) is 0 Å². The zero-order valence-corrected chi connectivity index (χ0v) is 12.4. The molecule has 0 heterocycles. The average molecular weight is 295 g/mol. The van der Waals surface area contributed by atoms with Crippen LogP contribution in [0.15, 0.2) is 48.5 Å².